The van der Waals surface area contributed by atoms with Crippen LogP contribution in [0.4, 0.5) is 0 Å². The Morgan fingerprint density at radius 3 is 2.63 bits per heavy atom. The fourth-order valence-corrected chi connectivity index (χ4v) is 1.89. The molecule has 1 aromatic carbocycles. The summed E-state index contributed by atoms with van der Waals surface area (Å²) in [6.07, 6.45) is 3.68. The largest absolute Gasteiger partial charge is 0.484 e. The van der Waals surface area contributed by atoms with Crippen molar-refractivity contribution in [1.82, 2.24) is 10.3 Å². The number of hydrogen-bond donors (Lipinski definition) is 2. The molecule has 0 saturated carbocycles. The van der Waals surface area contributed by atoms with Crippen molar-refractivity contribution in [2.75, 3.05) is 6.61 Å². The van der Waals surface area contributed by atoms with Crippen molar-refractivity contribution in [3.05, 3.63) is 53.3 Å². The molecule has 0 aliphatic rings. The first kappa shape index (κ1) is 13.2. The summed E-state index contributed by atoms with van der Waals surface area (Å²) in [4.78, 5) is 14.6. The summed E-state index contributed by atoms with van der Waals surface area (Å²) in [5.74, 6) is 0.606. The van der Waals surface area contributed by atoms with Gasteiger partial charge in [-0.3, -0.25) is 4.79 Å². The highest BCUT2D eigenvalue weighted by Gasteiger charge is 2.03. The van der Waals surface area contributed by atoms with Gasteiger partial charge in [0.25, 0.3) is 5.91 Å². The van der Waals surface area contributed by atoms with E-state index in [4.69, 9.17) is 4.74 Å². The molecule has 1 aromatic heterocycles. The van der Waals surface area contributed by atoms with Gasteiger partial charge in [0.1, 0.15) is 5.75 Å². The molecule has 19 heavy (non-hydrogen) atoms. The second-order valence-corrected chi connectivity index (χ2v) is 4.61. The van der Waals surface area contributed by atoms with Crippen molar-refractivity contribution >= 4 is 5.91 Å². The maximum atomic E-state index is 11.6. The zero-order chi connectivity index (χ0) is 13.7. The molecule has 0 fully saturated rings. The second-order valence-electron chi connectivity index (χ2n) is 4.61. The fraction of sp³-hybridized carbons (Fsp3) is 0.267. The van der Waals surface area contributed by atoms with Gasteiger partial charge in [-0.15, -0.1) is 0 Å². The van der Waals surface area contributed by atoms with Crippen molar-refractivity contribution in [3.8, 4) is 5.75 Å². The van der Waals surface area contributed by atoms with Crippen molar-refractivity contribution in [2.24, 2.45) is 0 Å². The van der Waals surface area contributed by atoms with Crippen molar-refractivity contribution in [1.29, 1.82) is 0 Å². The van der Waals surface area contributed by atoms with Gasteiger partial charge in [-0.1, -0.05) is 6.07 Å². The number of aromatic amines is 1. The van der Waals surface area contributed by atoms with Gasteiger partial charge in [-0.25, -0.2) is 0 Å². The van der Waals surface area contributed by atoms with Crippen LogP contribution in [0, 0.1) is 13.8 Å². The molecule has 0 unspecified atom stereocenters. The lowest BCUT2D eigenvalue weighted by Crippen LogP contribution is -2.28. The van der Waals surface area contributed by atoms with Crippen LogP contribution in [0.25, 0.3) is 0 Å². The minimum Gasteiger partial charge on any atom is -0.484 e. The summed E-state index contributed by atoms with van der Waals surface area (Å²) in [6.45, 7) is 4.56. The molecule has 0 atom stereocenters. The minimum atomic E-state index is -0.125. The Labute approximate surface area is 112 Å². The van der Waals surface area contributed by atoms with Crippen LogP contribution in [-0.4, -0.2) is 17.5 Å². The first-order chi connectivity index (χ1) is 9.13. The molecule has 0 bridgehead atoms. The Bertz CT molecular complexity index is 527. The molecule has 2 aromatic rings. The summed E-state index contributed by atoms with van der Waals surface area (Å²) in [5, 5.41) is 2.80. The van der Waals surface area contributed by atoms with Crippen LogP contribution in [0.5, 0.6) is 5.75 Å². The third-order valence-corrected chi connectivity index (χ3v) is 2.72. The van der Waals surface area contributed by atoms with Gasteiger partial charge in [0.15, 0.2) is 6.61 Å². The molecule has 0 spiro atoms. The first-order valence-electron chi connectivity index (χ1n) is 6.23. The maximum Gasteiger partial charge on any atom is 0.258 e. The average molecular weight is 258 g/mol. The average Bonchev–Trinajstić information content (AvgIpc) is 2.86. The number of ether oxygens (including phenoxy) is 1. The van der Waals surface area contributed by atoms with Gasteiger partial charge in [0, 0.05) is 18.9 Å². The van der Waals surface area contributed by atoms with Crippen LogP contribution in [0.2, 0.25) is 0 Å². The molecule has 0 aliphatic heterocycles. The molecule has 1 amide bonds. The summed E-state index contributed by atoms with van der Waals surface area (Å²) < 4.78 is 5.48. The van der Waals surface area contributed by atoms with Gasteiger partial charge in [-0.2, -0.15) is 0 Å². The zero-order valence-corrected chi connectivity index (χ0v) is 11.2. The highest BCUT2D eigenvalue weighted by molar-refractivity contribution is 5.77. The smallest absolute Gasteiger partial charge is 0.258 e. The Balaban J connectivity index is 1.79. The minimum absolute atomic E-state index is 0.0350. The molecule has 2 rings (SSSR count). The lowest BCUT2D eigenvalue weighted by atomic mass is 10.1. The number of nitrogens with one attached hydrogen (secondary N) is 2. The molecular weight excluding hydrogens is 240 g/mol. The number of aromatic nitrogens is 1. The van der Waals surface area contributed by atoms with E-state index in [1.54, 1.807) is 0 Å². The molecule has 0 radical (unpaired) electrons. The molecule has 0 saturated heterocycles. The normalized spacial score (nSPS) is 10.2. The number of amides is 1. The van der Waals surface area contributed by atoms with E-state index in [1.807, 2.05) is 44.4 Å². The van der Waals surface area contributed by atoms with Gasteiger partial charge in [-0.05, 0) is 48.7 Å². The van der Waals surface area contributed by atoms with Crippen LogP contribution in [0.15, 0.2) is 36.7 Å². The van der Waals surface area contributed by atoms with E-state index < -0.39 is 0 Å². The monoisotopic (exact) mass is 258 g/mol. The highest BCUT2D eigenvalue weighted by atomic mass is 16.5. The lowest BCUT2D eigenvalue weighted by Gasteiger charge is -2.08. The predicted octanol–water partition coefficient (Wildman–Crippen LogP) is 2.33. The van der Waals surface area contributed by atoms with Crippen LogP contribution in [-0.2, 0) is 11.3 Å². The summed E-state index contributed by atoms with van der Waals surface area (Å²) >= 11 is 0. The summed E-state index contributed by atoms with van der Waals surface area (Å²) in [6, 6.07) is 7.84. The topological polar surface area (TPSA) is 54.1 Å². The van der Waals surface area contributed by atoms with E-state index in [9.17, 15) is 4.79 Å². The van der Waals surface area contributed by atoms with Gasteiger partial charge >= 0.3 is 0 Å². The number of carbonyl (C=O) groups excluding carboxylic acids is 1. The van der Waals surface area contributed by atoms with Crippen LogP contribution in [0.3, 0.4) is 0 Å². The standard InChI is InChI=1S/C15H18N2O2/c1-11-5-12(2)7-14(6-11)19-10-15(18)17-9-13-3-4-16-8-13/h3-8,16H,9-10H2,1-2H3,(H,17,18). The van der Waals surface area contributed by atoms with E-state index in [0.29, 0.717) is 6.54 Å². The molecule has 0 aliphatic carbocycles. The number of rotatable bonds is 5. The number of H-pyrrole nitrogens is 1. The van der Waals surface area contributed by atoms with Crippen molar-refractivity contribution in [2.45, 2.75) is 20.4 Å². The molecule has 4 nitrogen and oxygen atoms in total. The van der Waals surface area contributed by atoms with E-state index in [-0.39, 0.29) is 12.5 Å². The van der Waals surface area contributed by atoms with Crippen LogP contribution in [0.1, 0.15) is 16.7 Å². The van der Waals surface area contributed by atoms with E-state index in [2.05, 4.69) is 16.4 Å². The van der Waals surface area contributed by atoms with E-state index in [0.717, 1.165) is 22.4 Å². The number of benzene rings is 1. The number of aryl methyl sites for hydroxylation is 2. The predicted molar refractivity (Wildman–Crippen MR) is 74.1 cm³/mol. The zero-order valence-electron chi connectivity index (χ0n) is 11.2. The van der Waals surface area contributed by atoms with Gasteiger partial charge < -0.3 is 15.0 Å². The molecular formula is C15H18N2O2. The van der Waals surface area contributed by atoms with Crippen LogP contribution < -0.4 is 10.1 Å². The van der Waals surface area contributed by atoms with E-state index in [1.165, 1.54) is 0 Å². The Kier molecular flexibility index (Phi) is 4.23. The molecule has 100 valence electrons. The maximum absolute atomic E-state index is 11.6. The fourth-order valence-electron chi connectivity index (χ4n) is 1.89. The van der Waals surface area contributed by atoms with Gasteiger partial charge in [0.2, 0.25) is 0 Å². The number of hydrogen-bond acceptors (Lipinski definition) is 2. The lowest BCUT2D eigenvalue weighted by molar-refractivity contribution is -0.123. The Hall–Kier alpha value is -2.23. The second kappa shape index (κ2) is 6.09. The first-order valence-corrected chi connectivity index (χ1v) is 6.23. The summed E-state index contributed by atoms with van der Waals surface area (Å²) in [7, 11) is 0. The Morgan fingerprint density at radius 1 is 1.26 bits per heavy atom. The van der Waals surface area contributed by atoms with Gasteiger partial charge in [0.05, 0.1) is 0 Å². The third-order valence-electron chi connectivity index (χ3n) is 2.72. The van der Waals surface area contributed by atoms with Crippen molar-refractivity contribution < 1.29 is 9.53 Å². The molecule has 1 heterocycles. The third kappa shape index (κ3) is 4.17. The van der Waals surface area contributed by atoms with Crippen molar-refractivity contribution in [3.63, 3.8) is 0 Å². The Morgan fingerprint density at radius 2 is 2.00 bits per heavy atom. The SMILES string of the molecule is Cc1cc(C)cc(OCC(=O)NCc2cc[nH]c2)c1. The van der Waals surface area contributed by atoms with E-state index >= 15 is 0 Å². The number of carbonyl (C=O) groups is 1. The molecule has 4 heteroatoms. The quantitative estimate of drug-likeness (QED) is 0.864. The summed E-state index contributed by atoms with van der Waals surface area (Å²) in [5.41, 5.74) is 3.30. The highest BCUT2D eigenvalue weighted by Crippen LogP contribution is 2.15. The molecule has 2 N–H and O–H groups in total. The van der Waals surface area contributed by atoms with Crippen LogP contribution >= 0.6 is 0 Å².